The van der Waals surface area contributed by atoms with Crippen molar-refractivity contribution in [2.45, 2.75) is 26.6 Å². The Morgan fingerprint density at radius 3 is 2.91 bits per heavy atom. The topological polar surface area (TPSA) is 116 Å². The first-order valence-corrected chi connectivity index (χ1v) is 10.3. The number of nitrogens with zero attached hydrogens (tertiary/aromatic N) is 4. The van der Waals surface area contributed by atoms with Crippen molar-refractivity contribution in [3.8, 4) is 5.75 Å². The number of furan rings is 1. The fraction of sp³-hybridized carbons (Fsp3) is 0.190. The standard InChI is InChI=1S/C21H18FN5O5S/c1-2-25-10-13(9-23-25)11-26-20(28)17(24-21(26)33)8-15-4-5-16(32-15)12-31-19-7-14(22)3-6-18(19)27(29)30/h3-10H,2,11-12H2,1H3,(H,24,33)/b17-8+. The number of hydrogen-bond donors (Lipinski definition) is 1. The lowest BCUT2D eigenvalue weighted by Crippen LogP contribution is -2.29. The van der Waals surface area contributed by atoms with Crippen molar-refractivity contribution >= 4 is 35.0 Å². The quantitative estimate of drug-likeness (QED) is 0.230. The summed E-state index contributed by atoms with van der Waals surface area (Å²) in [5, 5.41) is 18.4. The van der Waals surface area contributed by atoms with E-state index >= 15 is 0 Å². The second kappa shape index (κ2) is 9.20. The van der Waals surface area contributed by atoms with Crippen LogP contribution in [0.1, 0.15) is 24.0 Å². The van der Waals surface area contributed by atoms with Gasteiger partial charge in [0.1, 0.15) is 29.6 Å². The third kappa shape index (κ3) is 4.90. The molecule has 1 aliphatic heterocycles. The highest BCUT2D eigenvalue weighted by molar-refractivity contribution is 7.80. The summed E-state index contributed by atoms with van der Waals surface area (Å²) in [5.41, 5.74) is 0.731. The largest absolute Gasteiger partial charge is 0.479 e. The molecule has 0 bridgehead atoms. The van der Waals surface area contributed by atoms with Gasteiger partial charge < -0.3 is 14.5 Å². The Morgan fingerprint density at radius 1 is 1.36 bits per heavy atom. The number of nitrogens with one attached hydrogen (secondary N) is 1. The zero-order valence-corrected chi connectivity index (χ0v) is 18.2. The number of nitro benzene ring substituents is 1. The fourth-order valence-electron chi connectivity index (χ4n) is 3.15. The Balaban J connectivity index is 1.43. The summed E-state index contributed by atoms with van der Waals surface area (Å²) >= 11 is 5.28. The van der Waals surface area contributed by atoms with Crippen LogP contribution in [0.5, 0.6) is 5.75 Å². The van der Waals surface area contributed by atoms with E-state index in [1.165, 1.54) is 11.0 Å². The lowest BCUT2D eigenvalue weighted by Gasteiger charge is -2.12. The first-order valence-electron chi connectivity index (χ1n) is 9.85. The number of carbonyl (C=O) groups is 1. The predicted octanol–water partition coefficient (Wildman–Crippen LogP) is 3.38. The molecule has 170 valence electrons. The van der Waals surface area contributed by atoms with Crippen molar-refractivity contribution in [2.24, 2.45) is 0 Å². The SMILES string of the molecule is CCn1cc(CN2C(=O)/C(=C\c3ccc(COc4cc(F)ccc4[N+](=O)[O-])o3)NC2=S)cn1. The van der Waals surface area contributed by atoms with Gasteiger partial charge in [0, 0.05) is 36.5 Å². The summed E-state index contributed by atoms with van der Waals surface area (Å²) in [6, 6.07) is 6.15. The minimum Gasteiger partial charge on any atom is -0.479 e. The van der Waals surface area contributed by atoms with E-state index < -0.39 is 10.7 Å². The molecule has 33 heavy (non-hydrogen) atoms. The Morgan fingerprint density at radius 2 is 2.18 bits per heavy atom. The van der Waals surface area contributed by atoms with Crippen molar-refractivity contribution < 1.29 is 23.3 Å². The lowest BCUT2D eigenvalue weighted by molar-refractivity contribution is -0.386. The van der Waals surface area contributed by atoms with Crippen LogP contribution in [-0.4, -0.2) is 30.6 Å². The highest BCUT2D eigenvalue weighted by atomic mass is 32.1. The average molecular weight is 471 g/mol. The molecule has 1 N–H and O–H groups in total. The summed E-state index contributed by atoms with van der Waals surface area (Å²) < 4.78 is 26.2. The fourth-order valence-corrected chi connectivity index (χ4v) is 3.41. The van der Waals surface area contributed by atoms with Crippen molar-refractivity contribution in [1.82, 2.24) is 20.0 Å². The lowest BCUT2D eigenvalue weighted by atomic mass is 10.3. The van der Waals surface area contributed by atoms with E-state index in [0.717, 1.165) is 30.3 Å². The third-order valence-corrected chi connectivity index (χ3v) is 5.09. The molecule has 1 saturated heterocycles. The van der Waals surface area contributed by atoms with Gasteiger partial charge in [0.25, 0.3) is 5.91 Å². The van der Waals surface area contributed by atoms with Gasteiger partial charge in [-0.15, -0.1) is 0 Å². The predicted molar refractivity (Wildman–Crippen MR) is 118 cm³/mol. The second-order valence-corrected chi connectivity index (χ2v) is 7.43. The van der Waals surface area contributed by atoms with Crippen molar-refractivity contribution in [1.29, 1.82) is 0 Å². The summed E-state index contributed by atoms with van der Waals surface area (Å²) in [4.78, 5) is 24.6. The molecule has 2 aromatic heterocycles. The Bertz CT molecular complexity index is 1270. The smallest absolute Gasteiger partial charge is 0.311 e. The van der Waals surface area contributed by atoms with Gasteiger partial charge in [-0.05, 0) is 37.3 Å². The summed E-state index contributed by atoms with van der Waals surface area (Å²) in [7, 11) is 0. The van der Waals surface area contributed by atoms with Gasteiger partial charge in [-0.2, -0.15) is 5.10 Å². The van der Waals surface area contributed by atoms with Crippen LogP contribution >= 0.6 is 12.2 Å². The molecule has 1 fully saturated rings. The van der Waals surface area contributed by atoms with Crippen LogP contribution in [0, 0.1) is 15.9 Å². The number of aromatic nitrogens is 2. The van der Waals surface area contributed by atoms with Gasteiger partial charge in [-0.1, -0.05) is 0 Å². The minimum atomic E-state index is -0.661. The van der Waals surface area contributed by atoms with E-state index in [1.54, 1.807) is 23.0 Å². The summed E-state index contributed by atoms with van der Waals surface area (Å²) in [5.74, 6) is -0.502. The maximum Gasteiger partial charge on any atom is 0.311 e. The number of thiocarbonyl (C=S) groups is 1. The molecule has 0 saturated carbocycles. The molecule has 0 atom stereocenters. The molecule has 0 unspecified atom stereocenters. The number of hydrogen-bond acceptors (Lipinski definition) is 7. The number of carbonyl (C=O) groups excluding carboxylic acids is 1. The number of aryl methyl sites for hydroxylation is 1. The third-order valence-electron chi connectivity index (χ3n) is 4.77. The van der Waals surface area contributed by atoms with Gasteiger partial charge in [0.2, 0.25) is 0 Å². The Hall–Kier alpha value is -4.06. The van der Waals surface area contributed by atoms with Crippen LogP contribution in [0.25, 0.3) is 6.08 Å². The average Bonchev–Trinajstić information content (AvgIpc) is 3.49. The number of halogens is 1. The Labute approximate surface area is 192 Å². The van der Waals surface area contributed by atoms with Crippen LogP contribution in [0.3, 0.4) is 0 Å². The second-order valence-electron chi connectivity index (χ2n) is 7.05. The van der Waals surface area contributed by atoms with E-state index in [-0.39, 0.29) is 41.3 Å². The number of nitro groups is 1. The van der Waals surface area contributed by atoms with Gasteiger partial charge in [0.05, 0.1) is 17.7 Å². The molecule has 3 aromatic rings. The molecule has 0 aliphatic carbocycles. The number of benzene rings is 1. The molecule has 4 rings (SSSR count). The van der Waals surface area contributed by atoms with Crippen molar-refractivity contribution in [3.63, 3.8) is 0 Å². The molecule has 1 amide bonds. The molecule has 1 aliphatic rings. The van der Waals surface area contributed by atoms with E-state index in [2.05, 4.69) is 10.4 Å². The van der Waals surface area contributed by atoms with Gasteiger partial charge in [-0.25, -0.2) is 4.39 Å². The highest BCUT2D eigenvalue weighted by Crippen LogP contribution is 2.28. The van der Waals surface area contributed by atoms with E-state index in [4.69, 9.17) is 21.4 Å². The van der Waals surface area contributed by atoms with E-state index in [0.29, 0.717) is 11.5 Å². The van der Waals surface area contributed by atoms with Crippen LogP contribution < -0.4 is 10.1 Å². The molecular weight excluding hydrogens is 453 g/mol. The first-order chi connectivity index (χ1) is 15.8. The van der Waals surface area contributed by atoms with Crippen LogP contribution in [0.15, 0.2) is 52.8 Å². The molecule has 1 aromatic carbocycles. The highest BCUT2D eigenvalue weighted by Gasteiger charge is 2.31. The molecule has 0 radical (unpaired) electrons. The zero-order chi connectivity index (χ0) is 23.5. The molecule has 3 heterocycles. The maximum atomic E-state index is 13.4. The van der Waals surface area contributed by atoms with Crippen LogP contribution in [0.4, 0.5) is 10.1 Å². The van der Waals surface area contributed by atoms with Crippen LogP contribution in [0.2, 0.25) is 0 Å². The molecule has 12 heteroatoms. The van der Waals surface area contributed by atoms with Gasteiger partial charge >= 0.3 is 5.69 Å². The number of ether oxygens (including phenoxy) is 1. The summed E-state index contributed by atoms with van der Waals surface area (Å²) in [6.45, 7) is 2.80. The molecule has 10 nitrogen and oxygen atoms in total. The summed E-state index contributed by atoms with van der Waals surface area (Å²) in [6.07, 6.45) is 5.03. The molecular formula is C21H18FN5O5S. The van der Waals surface area contributed by atoms with E-state index in [9.17, 15) is 19.3 Å². The van der Waals surface area contributed by atoms with Crippen LogP contribution in [-0.2, 0) is 24.5 Å². The van der Waals surface area contributed by atoms with Gasteiger partial charge in [-0.3, -0.25) is 24.5 Å². The monoisotopic (exact) mass is 471 g/mol. The van der Waals surface area contributed by atoms with Gasteiger partial charge in [0.15, 0.2) is 10.9 Å². The van der Waals surface area contributed by atoms with Crippen molar-refractivity contribution in [2.75, 3.05) is 0 Å². The zero-order valence-electron chi connectivity index (χ0n) is 17.4. The molecule has 0 spiro atoms. The van der Waals surface area contributed by atoms with E-state index in [1.807, 2.05) is 13.1 Å². The minimum absolute atomic E-state index is 0.166. The van der Waals surface area contributed by atoms with Crippen molar-refractivity contribution in [3.05, 3.63) is 81.4 Å². The Kier molecular flexibility index (Phi) is 6.18. The first kappa shape index (κ1) is 22.1. The number of amides is 1. The normalized spacial score (nSPS) is 14.7. The maximum absolute atomic E-state index is 13.4. The number of rotatable bonds is 8.